The van der Waals surface area contributed by atoms with Crippen LogP contribution in [0.25, 0.3) is 0 Å². The number of cyclic esters (lactones) is 1. The molecule has 0 fully saturated rings. The van der Waals surface area contributed by atoms with Crippen LogP contribution in [0.5, 0.6) is 5.75 Å². The Morgan fingerprint density at radius 1 is 1.16 bits per heavy atom. The minimum atomic E-state index is -2.18. The Morgan fingerprint density at radius 3 is 2.62 bits per heavy atom. The van der Waals surface area contributed by atoms with Crippen LogP contribution in [0.15, 0.2) is 54.6 Å². The van der Waals surface area contributed by atoms with Crippen LogP contribution in [0.3, 0.4) is 0 Å². The number of rotatable bonds is 8. The quantitative estimate of drug-likeness (QED) is 0.372. The van der Waals surface area contributed by atoms with Gasteiger partial charge in [-0.3, -0.25) is 4.79 Å². The van der Waals surface area contributed by atoms with Crippen LogP contribution in [0.4, 0.5) is 14.5 Å². The summed E-state index contributed by atoms with van der Waals surface area (Å²) in [5.74, 6) is -2.08. The Labute approximate surface area is 218 Å². The fourth-order valence-electron chi connectivity index (χ4n) is 4.71. The molecule has 0 aliphatic carbocycles. The summed E-state index contributed by atoms with van der Waals surface area (Å²) in [6.07, 6.45) is -0.680. The molecule has 1 heterocycles. The second kappa shape index (κ2) is 10.1. The summed E-state index contributed by atoms with van der Waals surface area (Å²) in [5, 5.41) is 14.6. The number of carbonyl (C=O) groups excluding carboxylic acids is 2. The maximum atomic E-state index is 14.7. The molecule has 1 amide bonds. The van der Waals surface area contributed by atoms with Gasteiger partial charge in [-0.05, 0) is 60.4 Å². The molecule has 1 unspecified atom stereocenters. The van der Waals surface area contributed by atoms with Gasteiger partial charge in [0.1, 0.15) is 29.6 Å². The number of aliphatic hydroxyl groups is 1. The lowest BCUT2D eigenvalue weighted by molar-refractivity contribution is -0.136. The number of ether oxygens (including phenoxy) is 2. The van der Waals surface area contributed by atoms with E-state index in [-0.39, 0.29) is 23.6 Å². The molecule has 0 saturated carbocycles. The highest BCUT2D eigenvalue weighted by atomic mass is 35.5. The molecule has 2 N–H and O–H groups in total. The maximum Gasteiger partial charge on any atom is 0.338 e. The van der Waals surface area contributed by atoms with E-state index in [4.69, 9.17) is 21.1 Å². The minimum Gasteiger partial charge on any atom is -0.496 e. The zero-order valence-corrected chi connectivity index (χ0v) is 21.3. The fraction of sp³-hybridized carbons (Fsp3) is 0.286. The number of anilines is 1. The summed E-state index contributed by atoms with van der Waals surface area (Å²) in [6.45, 7) is 3.52. The third kappa shape index (κ3) is 5.45. The third-order valence-electron chi connectivity index (χ3n) is 6.52. The Balaban J connectivity index is 1.72. The van der Waals surface area contributed by atoms with E-state index in [1.165, 1.54) is 55.6 Å². The standard InChI is InChI=1S/C28H26ClF2NO5/c1-27(2,21-12-17(30)7-10-24(21)36-3)15-28(35,13-20-22(29)5-4-6-23(20)31)26(34)32-18-8-9-19-16(11-18)14-37-25(19)33/h4-12,35H,13-15H2,1-3H3,(H,32,34). The fourth-order valence-corrected chi connectivity index (χ4v) is 4.94. The summed E-state index contributed by atoms with van der Waals surface area (Å²) in [7, 11) is 1.44. The van der Waals surface area contributed by atoms with Gasteiger partial charge in [0.05, 0.1) is 12.7 Å². The largest absolute Gasteiger partial charge is 0.496 e. The van der Waals surface area contributed by atoms with E-state index in [0.717, 1.165) is 0 Å². The van der Waals surface area contributed by atoms with Gasteiger partial charge in [-0.25, -0.2) is 13.6 Å². The van der Waals surface area contributed by atoms with Crippen LogP contribution in [0.2, 0.25) is 5.02 Å². The number of hydrogen-bond acceptors (Lipinski definition) is 5. The molecule has 4 rings (SSSR count). The Kier molecular flexibility index (Phi) is 7.26. The molecule has 0 aromatic heterocycles. The predicted molar refractivity (Wildman–Crippen MR) is 135 cm³/mol. The van der Waals surface area contributed by atoms with Gasteiger partial charge in [-0.2, -0.15) is 0 Å². The van der Waals surface area contributed by atoms with Gasteiger partial charge in [0.2, 0.25) is 0 Å². The molecule has 6 nitrogen and oxygen atoms in total. The zero-order valence-electron chi connectivity index (χ0n) is 20.5. The van der Waals surface area contributed by atoms with Crippen LogP contribution in [-0.2, 0) is 28.0 Å². The van der Waals surface area contributed by atoms with Crippen molar-refractivity contribution >= 4 is 29.2 Å². The monoisotopic (exact) mass is 529 g/mol. The first-order chi connectivity index (χ1) is 17.4. The molecule has 9 heteroatoms. The number of benzene rings is 3. The highest BCUT2D eigenvalue weighted by Crippen LogP contribution is 2.40. The lowest BCUT2D eigenvalue weighted by Crippen LogP contribution is -2.49. The lowest BCUT2D eigenvalue weighted by atomic mass is 9.72. The van der Waals surface area contributed by atoms with Crippen LogP contribution >= 0.6 is 11.6 Å². The second-order valence-electron chi connectivity index (χ2n) is 9.72. The summed E-state index contributed by atoms with van der Waals surface area (Å²) >= 11 is 6.24. The molecule has 3 aromatic carbocycles. The van der Waals surface area contributed by atoms with Crippen LogP contribution < -0.4 is 10.1 Å². The molecule has 1 aliphatic heterocycles. The SMILES string of the molecule is COc1ccc(F)cc1C(C)(C)CC(O)(Cc1c(F)cccc1Cl)C(=O)Nc1ccc2c(c1)COC2=O. The van der Waals surface area contributed by atoms with Crippen molar-refractivity contribution in [2.24, 2.45) is 0 Å². The highest BCUT2D eigenvalue weighted by molar-refractivity contribution is 6.31. The molecule has 1 atom stereocenters. The van der Waals surface area contributed by atoms with Gasteiger partial charge < -0.3 is 19.9 Å². The van der Waals surface area contributed by atoms with Crippen molar-refractivity contribution in [3.8, 4) is 5.75 Å². The normalized spacial score (nSPS) is 14.5. The molecule has 0 bridgehead atoms. The number of amides is 1. The number of nitrogens with one attached hydrogen (secondary N) is 1. The maximum absolute atomic E-state index is 14.7. The lowest BCUT2D eigenvalue weighted by Gasteiger charge is -2.36. The Morgan fingerprint density at radius 2 is 1.92 bits per heavy atom. The Hall–Kier alpha value is -3.49. The summed E-state index contributed by atoms with van der Waals surface area (Å²) < 4.78 is 39.3. The molecular formula is C28H26ClF2NO5. The number of hydrogen-bond donors (Lipinski definition) is 2. The third-order valence-corrected chi connectivity index (χ3v) is 6.87. The smallest absolute Gasteiger partial charge is 0.338 e. The first kappa shape index (κ1) is 26.6. The van der Waals surface area contributed by atoms with E-state index in [2.05, 4.69) is 5.32 Å². The van der Waals surface area contributed by atoms with Crippen molar-refractivity contribution in [2.75, 3.05) is 12.4 Å². The molecule has 194 valence electrons. The van der Waals surface area contributed by atoms with Gasteiger partial charge in [-0.1, -0.05) is 31.5 Å². The van der Waals surface area contributed by atoms with Crippen molar-refractivity contribution in [1.82, 2.24) is 0 Å². The zero-order chi connectivity index (χ0) is 27.0. The van der Waals surface area contributed by atoms with Gasteiger partial charge in [-0.15, -0.1) is 0 Å². The van der Waals surface area contributed by atoms with E-state index in [1.807, 2.05) is 0 Å². The summed E-state index contributed by atoms with van der Waals surface area (Å²) in [4.78, 5) is 25.4. The van der Waals surface area contributed by atoms with Crippen molar-refractivity contribution in [3.63, 3.8) is 0 Å². The molecule has 0 radical (unpaired) electrons. The topological polar surface area (TPSA) is 84.9 Å². The summed E-state index contributed by atoms with van der Waals surface area (Å²) in [6, 6.07) is 12.7. The Bertz CT molecular complexity index is 1360. The van der Waals surface area contributed by atoms with Crippen LogP contribution in [0.1, 0.15) is 47.3 Å². The van der Waals surface area contributed by atoms with Crippen LogP contribution in [0, 0.1) is 11.6 Å². The van der Waals surface area contributed by atoms with Gasteiger partial charge >= 0.3 is 5.97 Å². The van der Waals surface area contributed by atoms with E-state index in [1.54, 1.807) is 19.9 Å². The van der Waals surface area contributed by atoms with E-state index >= 15 is 0 Å². The van der Waals surface area contributed by atoms with E-state index in [0.29, 0.717) is 28.1 Å². The van der Waals surface area contributed by atoms with Gasteiger partial charge in [0, 0.05) is 33.8 Å². The highest BCUT2D eigenvalue weighted by Gasteiger charge is 2.44. The molecule has 37 heavy (non-hydrogen) atoms. The average Bonchev–Trinajstić information content (AvgIpc) is 3.21. The number of carbonyl (C=O) groups is 2. The predicted octanol–water partition coefficient (Wildman–Crippen LogP) is 5.58. The van der Waals surface area contributed by atoms with Crippen LogP contribution in [-0.4, -0.2) is 29.7 Å². The number of halogens is 3. The molecule has 0 saturated heterocycles. The summed E-state index contributed by atoms with van der Waals surface area (Å²) in [5.41, 5.74) is -1.49. The first-order valence-corrected chi connectivity index (χ1v) is 11.9. The van der Waals surface area contributed by atoms with Gasteiger partial charge in [0.25, 0.3) is 5.91 Å². The molecule has 1 aliphatic rings. The molecule has 3 aromatic rings. The average molecular weight is 530 g/mol. The molecular weight excluding hydrogens is 504 g/mol. The van der Waals surface area contributed by atoms with Crippen molar-refractivity contribution in [2.45, 2.75) is 44.3 Å². The second-order valence-corrected chi connectivity index (χ2v) is 10.1. The number of methoxy groups -OCH3 is 1. The minimum absolute atomic E-state index is 0.0308. The van der Waals surface area contributed by atoms with Crippen molar-refractivity contribution in [3.05, 3.63) is 93.5 Å². The van der Waals surface area contributed by atoms with Crippen molar-refractivity contribution in [1.29, 1.82) is 0 Å². The number of esters is 1. The van der Waals surface area contributed by atoms with E-state index < -0.39 is 40.9 Å². The number of fused-ring (bicyclic) bond motifs is 1. The van der Waals surface area contributed by atoms with Gasteiger partial charge in [0.15, 0.2) is 0 Å². The first-order valence-electron chi connectivity index (χ1n) is 11.5. The van der Waals surface area contributed by atoms with Crippen molar-refractivity contribution < 1.29 is 33.0 Å². The molecule has 0 spiro atoms. The van der Waals surface area contributed by atoms with E-state index in [9.17, 15) is 23.5 Å².